The van der Waals surface area contributed by atoms with Crippen LogP contribution in [0.5, 0.6) is 5.75 Å². The Hall–Kier alpha value is -2.60. The van der Waals surface area contributed by atoms with E-state index in [1.54, 1.807) is 55.8 Å². The molecule has 0 atom stereocenters. The Labute approximate surface area is 146 Å². The van der Waals surface area contributed by atoms with Gasteiger partial charge in [-0.2, -0.15) is 0 Å². The number of carboxylic acid groups (broad SMARTS) is 1. The number of fused-ring (bicyclic) bond motifs is 1. The monoisotopic (exact) mass is 387 g/mol. The second-order valence-corrected chi connectivity index (χ2v) is 6.16. The number of benzene rings is 2. The number of aliphatic carboxylic acids is 1. The van der Waals surface area contributed by atoms with Crippen molar-refractivity contribution in [3.8, 4) is 11.4 Å². The van der Waals surface area contributed by atoms with E-state index in [1.807, 2.05) is 0 Å². The highest BCUT2D eigenvalue weighted by molar-refractivity contribution is 9.10. The number of hydrogen-bond donors (Lipinski definition) is 1. The Morgan fingerprint density at radius 3 is 2.50 bits per heavy atom. The van der Waals surface area contributed by atoms with Gasteiger partial charge in [-0.1, -0.05) is 12.1 Å². The maximum absolute atomic E-state index is 12.8. The van der Waals surface area contributed by atoms with Crippen molar-refractivity contribution < 1.29 is 14.6 Å². The molecule has 1 N–H and O–H groups in total. The smallest absolute Gasteiger partial charge is 0.307 e. The molecule has 3 rings (SSSR count). The van der Waals surface area contributed by atoms with Crippen molar-refractivity contribution in [2.75, 3.05) is 7.11 Å². The van der Waals surface area contributed by atoms with Gasteiger partial charge in [0.1, 0.15) is 5.75 Å². The van der Waals surface area contributed by atoms with Crippen LogP contribution in [-0.4, -0.2) is 22.8 Å². The van der Waals surface area contributed by atoms with Crippen molar-refractivity contribution in [2.24, 2.45) is 0 Å². The number of pyridine rings is 1. The van der Waals surface area contributed by atoms with Gasteiger partial charge in [-0.25, -0.2) is 0 Å². The van der Waals surface area contributed by atoms with E-state index in [4.69, 9.17) is 9.84 Å². The summed E-state index contributed by atoms with van der Waals surface area (Å²) in [7, 11) is 1.58. The molecule has 0 amide bonds. The van der Waals surface area contributed by atoms with Crippen molar-refractivity contribution in [1.29, 1.82) is 0 Å². The predicted molar refractivity (Wildman–Crippen MR) is 95.1 cm³/mol. The van der Waals surface area contributed by atoms with Gasteiger partial charge in [0, 0.05) is 27.1 Å². The van der Waals surface area contributed by atoms with E-state index in [2.05, 4.69) is 15.9 Å². The topological polar surface area (TPSA) is 68.5 Å². The van der Waals surface area contributed by atoms with E-state index in [0.717, 1.165) is 9.86 Å². The number of aromatic nitrogens is 1. The largest absolute Gasteiger partial charge is 0.497 e. The molecule has 24 heavy (non-hydrogen) atoms. The van der Waals surface area contributed by atoms with Crippen LogP contribution < -0.4 is 10.3 Å². The molecule has 0 fully saturated rings. The zero-order valence-corrected chi connectivity index (χ0v) is 14.4. The Morgan fingerprint density at radius 1 is 1.17 bits per heavy atom. The molecule has 2 aromatic carbocycles. The number of nitrogens with zero attached hydrogens (tertiary/aromatic N) is 1. The lowest BCUT2D eigenvalue weighted by Gasteiger charge is -2.11. The molecular formula is C18H14BrNO4. The van der Waals surface area contributed by atoms with Crippen molar-refractivity contribution in [1.82, 2.24) is 4.57 Å². The van der Waals surface area contributed by atoms with Gasteiger partial charge in [-0.05, 0) is 51.8 Å². The molecule has 0 aliphatic rings. The highest BCUT2D eigenvalue weighted by Gasteiger charge is 2.10. The van der Waals surface area contributed by atoms with Crippen molar-refractivity contribution in [3.05, 3.63) is 69.1 Å². The molecule has 0 aliphatic heterocycles. The summed E-state index contributed by atoms with van der Waals surface area (Å²) in [6.45, 7) is 0. The minimum Gasteiger partial charge on any atom is -0.497 e. The maximum atomic E-state index is 12.8. The van der Waals surface area contributed by atoms with Gasteiger partial charge in [0.05, 0.1) is 13.5 Å². The number of methoxy groups -OCH3 is 1. The normalized spacial score (nSPS) is 10.8. The highest BCUT2D eigenvalue weighted by Crippen LogP contribution is 2.26. The highest BCUT2D eigenvalue weighted by atomic mass is 79.9. The van der Waals surface area contributed by atoms with Gasteiger partial charge in [-0.15, -0.1) is 0 Å². The summed E-state index contributed by atoms with van der Waals surface area (Å²) in [4.78, 5) is 23.5. The van der Waals surface area contributed by atoms with Gasteiger partial charge in [0.25, 0.3) is 5.56 Å². The summed E-state index contributed by atoms with van der Waals surface area (Å²) >= 11 is 3.50. The molecule has 1 heterocycles. The van der Waals surface area contributed by atoms with E-state index in [9.17, 15) is 9.59 Å². The molecule has 1 aromatic heterocycles. The van der Waals surface area contributed by atoms with Crippen LogP contribution in [0.2, 0.25) is 0 Å². The standard InChI is InChI=1S/C18H14BrNO4/c1-24-13-6-7-14-15(9-13)16(19)10-20(18(14)23)12-4-2-11(3-5-12)8-17(21)22/h2-7,9-10H,8H2,1H3,(H,21,22). The summed E-state index contributed by atoms with van der Waals surface area (Å²) in [5.74, 6) is -0.208. The van der Waals surface area contributed by atoms with Gasteiger partial charge in [-0.3, -0.25) is 14.2 Å². The summed E-state index contributed by atoms with van der Waals surface area (Å²) in [6.07, 6.45) is 1.66. The molecule has 6 heteroatoms. The van der Waals surface area contributed by atoms with Crippen LogP contribution in [0.4, 0.5) is 0 Å². The summed E-state index contributed by atoms with van der Waals surface area (Å²) in [5.41, 5.74) is 1.21. The zero-order valence-electron chi connectivity index (χ0n) is 12.8. The lowest BCUT2D eigenvalue weighted by Crippen LogP contribution is -2.18. The number of halogens is 1. The molecular weight excluding hydrogens is 374 g/mol. The molecule has 0 saturated carbocycles. The first-order valence-corrected chi connectivity index (χ1v) is 7.99. The molecule has 0 aliphatic carbocycles. The minimum absolute atomic E-state index is 0.0452. The number of hydrogen-bond acceptors (Lipinski definition) is 3. The first-order chi connectivity index (χ1) is 11.5. The third-order valence-electron chi connectivity index (χ3n) is 3.75. The van der Waals surface area contributed by atoms with Gasteiger partial charge >= 0.3 is 5.97 Å². The predicted octanol–water partition coefficient (Wildman–Crippen LogP) is 3.39. The molecule has 5 nitrogen and oxygen atoms in total. The average Bonchev–Trinajstić information content (AvgIpc) is 2.58. The fourth-order valence-corrected chi connectivity index (χ4v) is 3.08. The third kappa shape index (κ3) is 3.05. The first kappa shape index (κ1) is 16.3. The van der Waals surface area contributed by atoms with E-state index >= 15 is 0 Å². The van der Waals surface area contributed by atoms with E-state index in [1.165, 1.54) is 4.57 Å². The number of carboxylic acids is 1. The van der Waals surface area contributed by atoms with Crippen molar-refractivity contribution >= 4 is 32.7 Å². The molecule has 0 spiro atoms. The maximum Gasteiger partial charge on any atom is 0.307 e. The van der Waals surface area contributed by atoms with Crippen LogP contribution in [0, 0.1) is 0 Å². The summed E-state index contributed by atoms with van der Waals surface area (Å²) in [6, 6.07) is 12.2. The van der Waals surface area contributed by atoms with E-state index in [0.29, 0.717) is 22.4 Å². The minimum atomic E-state index is -0.887. The Bertz CT molecular complexity index is 977. The van der Waals surface area contributed by atoms with Gasteiger partial charge in [0.2, 0.25) is 0 Å². The van der Waals surface area contributed by atoms with Gasteiger partial charge < -0.3 is 9.84 Å². The number of carbonyl (C=O) groups is 1. The molecule has 0 saturated heterocycles. The molecule has 3 aromatic rings. The van der Waals surface area contributed by atoms with Crippen LogP contribution in [-0.2, 0) is 11.2 Å². The second kappa shape index (κ2) is 6.49. The van der Waals surface area contributed by atoms with Crippen molar-refractivity contribution in [3.63, 3.8) is 0 Å². The fraction of sp³-hybridized carbons (Fsp3) is 0.111. The van der Waals surface area contributed by atoms with Crippen LogP contribution >= 0.6 is 15.9 Å². The average molecular weight is 388 g/mol. The Kier molecular flexibility index (Phi) is 4.40. The zero-order chi connectivity index (χ0) is 17.3. The van der Waals surface area contributed by atoms with Crippen LogP contribution in [0.3, 0.4) is 0 Å². The molecule has 0 unspecified atom stereocenters. The number of ether oxygens (including phenoxy) is 1. The Morgan fingerprint density at radius 2 is 1.88 bits per heavy atom. The van der Waals surface area contributed by atoms with Crippen LogP contribution in [0.15, 0.2) is 57.9 Å². The Balaban J connectivity index is 2.11. The van der Waals surface area contributed by atoms with E-state index < -0.39 is 5.97 Å². The molecule has 0 radical (unpaired) electrons. The fourth-order valence-electron chi connectivity index (χ4n) is 2.55. The lowest BCUT2D eigenvalue weighted by atomic mass is 10.1. The van der Waals surface area contributed by atoms with E-state index in [-0.39, 0.29) is 12.0 Å². The van der Waals surface area contributed by atoms with Crippen molar-refractivity contribution in [2.45, 2.75) is 6.42 Å². The molecule has 122 valence electrons. The van der Waals surface area contributed by atoms with Gasteiger partial charge in [0.15, 0.2) is 0 Å². The third-order valence-corrected chi connectivity index (χ3v) is 4.38. The summed E-state index contributed by atoms with van der Waals surface area (Å²) in [5, 5.41) is 10.2. The first-order valence-electron chi connectivity index (χ1n) is 7.19. The quantitative estimate of drug-likeness (QED) is 0.744. The van der Waals surface area contributed by atoms with Crippen LogP contribution in [0.25, 0.3) is 16.5 Å². The second-order valence-electron chi connectivity index (χ2n) is 5.30. The molecule has 0 bridgehead atoms. The number of rotatable bonds is 4. The lowest BCUT2D eigenvalue weighted by molar-refractivity contribution is -0.136. The van der Waals surface area contributed by atoms with Crippen LogP contribution in [0.1, 0.15) is 5.56 Å². The SMILES string of the molecule is COc1ccc2c(=O)n(-c3ccc(CC(=O)O)cc3)cc(Br)c2c1. The summed E-state index contributed by atoms with van der Waals surface area (Å²) < 4.78 is 7.50.